The number of nitrogens with one attached hydrogen (secondary N) is 1. The summed E-state index contributed by atoms with van der Waals surface area (Å²) in [5.41, 5.74) is 0.834. The summed E-state index contributed by atoms with van der Waals surface area (Å²) < 4.78 is 14.3. The molecule has 1 aromatic carbocycles. The highest BCUT2D eigenvalue weighted by Crippen LogP contribution is 2.31. The van der Waals surface area contributed by atoms with Gasteiger partial charge in [0.05, 0.1) is 11.0 Å². The molecule has 1 aliphatic rings. The highest BCUT2D eigenvalue weighted by atomic mass is 32.1. The van der Waals surface area contributed by atoms with Gasteiger partial charge in [0.2, 0.25) is 0 Å². The number of rotatable bonds is 3. The van der Waals surface area contributed by atoms with Gasteiger partial charge in [-0.05, 0) is 61.3 Å². The van der Waals surface area contributed by atoms with E-state index in [-0.39, 0.29) is 17.8 Å². The second-order valence-electron chi connectivity index (χ2n) is 6.09. The molecule has 0 saturated heterocycles. The van der Waals surface area contributed by atoms with Crippen LogP contribution in [0.3, 0.4) is 0 Å². The van der Waals surface area contributed by atoms with Crippen molar-refractivity contribution in [3.63, 3.8) is 0 Å². The molecule has 5 heteroatoms. The van der Waals surface area contributed by atoms with Gasteiger partial charge in [0.25, 0.3) is 5.91 Å². The van der Waals surface area contributed by atoms with Crippen LogP contribution in [0.1, 0.15) is 40.9 Å². The molecule has 0 bridgehead atoms. The molecule has 2 unspecified atom stereocenters. The summed E-state index contributed by atoms with van der Waals surface area (Å²) in [5.74, 6) is -0.0319. The van der Waals surface area contributed by atoms with Gasteiger partial charge < -0.3 is 10.4 Å². The number of fused-ring (bicyclic) bond motifs is 1. The number of aryl methyl sites for hydroxylation is 1. The normalized spacial score (nSPS) is 22.0. The van der Waals surface area contributed by atoms with Crippen LogP contribution in [-0.4, -0.2) is 23.7 Å². The van der Waals surface area contributed by atoms with Crippen molar-refractivity contribution in [1.29, 1.82) is 0 Å². The highest BCUT2D eigenvalue weighted by molar-refractivity contribution is 7.21. The smallest absolute Gasteiger partial charge is 0.261 e. The Hall–Kier alpha value is -1.46. The summed E-state index contributed by atoms with van der Waals surface area (Å²) in [5, 5.41) is 13.5. The molecule has 2 atom stereocenters. The molecular formula is C17H20FNO2S. The van der Waals surface area contributed by atoms with Gasteiger partial charge in [0.1, 0.15) is 5.82 Å². The second kappa shape index (κ2) is 6.34. The molecule has 1 aliphatic carbocycles. The van der Waals surface area contributed by atoms with Crippen molar-refractivity contribution in [1.82, 2.24) is 5.32 Å². The Labute approximate surface area is 133 Å². The second-order valence-corrected chi connectivity index (χ2v) is 7.15. The highest BCUT2D eigenvalue weighted by Gasteiger charge is 2.22. The molecule has 0 spiro atoms. The summed E-state index contributed by atoms with van der Waals surface area (Å²) in [6, 6.07) is 4.62. The molecule has 2 N–H and O–H groups in total. The zero-order valence-corrected chi connectivity index (χ0v) is 13.4. The van der Waals surface area contributed by atoms with Crippen molar-refractivity contribution in [2.24, 2.45) is 5.92 Å². The number of aliphatic hydroxyl groups is 1. The first-order valence-electron chi connectivity index (χ1n) is 7.69. The number of benzene rings is 1. The number of hydrogen-bond donors (Lipinski definition) is 2. The van der Waals surface area contributed by atoms with E-state index in [1.165, 1.54) is 23.5 Å². The van der Waals surface area contributed by atoms with Crippen LogP contribution in [0.4, 0.5) is 4.39 Å². The van der Waals surface area contributed by atoms with Crippen molar-refractivity contribution in [3.8, 4) is 0 Å². The average Bonchev–Trinajstić information content (AvgIpc) is 2.82. The first-order chi connectivity index (χ1) is 10.5. The molecule has 1 saturated carbocycles. The van der Waals surface area contributed by atoms with Crippen LogP contribution >= 0.6 is 11.3 Å². The van der Waals surface area contributed by atoms with Crippen molar-refractivity contribution < 1.29 is 14.3 Å². The van der Waals surface area contributed by atoms with Gasteiger partial charge in [-0.15, -0.1) is 11.3 Å². The molecule has 1 fully saturated rings. The topological polar surface area (TPSA) is 49.3 Å². The molecule has 2 aromatic rings. The minimum atomic E-state index is -0.281. The third-order valence-electron chi connectivity index (χ3n) is 4.41. The summed E-state index contributed by atoms with van der Waals surface area (Å²) in [7, 11) is 0. The average molecular weight is 321 g/mol. The predicted octanol–water partition coefficient (Wildman–Crippen LogP) is 3.63. The quantitative estimate of drug-likeness (QED) is 0.907. The molecule has 22 heavy (non-hydrogen) atoms. The number of halogens is 1. The van der Waals surface area contributed by atoms with Gasteiger partial charge in [-0.2, -0.15) is 0 Å². The Balaban J connectivity index is 1.71. The molecule has 0 radical (unpaired) electrons. The Kier molecular flexibility index (Phi) is 4.45. The molecule has 3 nitrogen and oxygen atoms in total. The Morgan fingerprint density at radius 3 is 3.05 bits per heavy atom. The van der Waals surface area contributed by atoms with Crippen LogP contribution in [-0.2, 0) is 0 Å². The Morgan fingerprint density at radius 2 is 2.27 bits per heavy atom. The van der Waals surface area contributed by atoms with Gasteiger partial charge in [-0.1, -0.05) is 6.42 Å². The zero-order valence-electron chi connectivity index (χ0n) is 12.6. The van der Waals surface area contributed by atoms with Crippen molar-refractivity contribution in [3.05, 3.63) is 34.5 Å². The maximum atomic E-state index is 13.3. The Bertz CT molecular complexity index is 697. The van der Waals surface area contributed by atoms with Crippen molar-refractivity contribution >= 4 is 27.3 Å². The zero-order chi connectivity index (χ0) is 15.7. The maximum Gasteiger partial charge on any atom is 0.261 e. The van der Waals surface area contributed by atoms with E-state index >= 15 is 0 Å². The number of aliphatic hydroxyl groups excluding tert-OH is 1. The molecule has 0 aliphatic heterocycles. The van der Waals surface area contributed by atoms with Crippen LogP contribution in [0.25, 0.3) is 10.1 Å². The van der Waals surface area contributed by atoms with E-state index < -0.39 is 0 Å². The molecular weight excluding hydrogens is 301 g/mol. The van der Waals surface area contributed by atoms with E-state index in [2.05, 4.69) is 5.32 Å². The summed E-state index contributed by atoms with van der Waals surface area (Å²) in [6.07, 6.45) is 3.46. The van der Waals surface area contributed by atoms with Crippen LogP contribution in [0, 0.1) is 18.7 Å². The fourth-order valence-electron chi connectivity index (χ4n) is 3.18. The number of carbonyl (C=O) groups is 1. The lowest BCUT2D eigenvalue weighted by molar-refractivity contribution is 0.0876. The maximum absolute atomic E-state index is 13.3. The number of hydrogen-bond acceptors (Lipinski definition) is 3. The summed E-state index contributed by atoms with van der Waals surface area (Å²) >= 11 is 1.40. The molecule has 1 heterocycles. The number of thiophene rings is 1. The van der Waals surface area contributed by atoms with Crippen LogP contribution in [0.5, 0.6) is 0 Å². The molecule has 3 rings (SSSR count). The number of amides is 1. The molecule has 118 valence electrons. The minimum absolute atomic E-state index is 0.0980. The Morgan fingerprint density at radius 1 is 1.45 bits per heavy atom. The van der Waals surface area contributed by atoms with Gasteiger partial charge in [-0.3, -0.25) is 4.79 Å². The molecule has 1 amide bonds. The lowest BCUT2D eigenvalue weighted by atomic mass is 9.87. The van der Waals surface area contributed by atoms with E-state index in [4.69, 9.17) is 0 Å². The van der Waals surface area contributed by atoms with Crippen molar-refractivity contribution in [2.45, 2.75) is 38.7 Å². The van der Waals surface area contributed by atoms with E-state index in [0.717, 1.165) is 41.3 Å². The van der Waals surface area contributed by atoms with Gasteiger partial charge in [0, 0.05) is 11.2 Å². The van der Waals surface area contributed by atoms with E-state index in [9.17, 15) is 14.3 Å². The SMILES string of the molecule is Cc1c(C(=O)NCC2CCCC(O)C2)sc2ccc(F)cc12. The predicted molar refractivity (Wildman–Crippen MR) is 86.8 cm³/mol. The van der Waals surface area contributed by atoms with Crippen molar-refractivity contribution in [2.75, 3.05) is 6.54 Å². The third-order valence-corrected chi connectivity index (χ3v) is 5.68. The fourth-order valence-corrected chi connectivity index (χ4v) is 4.28. The van der Waals surface area contributed by atoms with E-state index in [1.54, 1.807) is 6.07 Å². The standard InChI is InChI=1S/C17H20FNO2S/c1-10-14-8-12(18)5-6-15(14)22-16(10)17(21)19-9-11-3-2-4-13(20)7-11/h5-6,8,11,13,20H,2-4,7,9H2,1H3,(H,19,21). The van der Waals surface area contributed by atoms with Crippen LogP contribution in [0.15, 0.2) is 18.2 Å². The van der Waals surface area contributed by atoms with Gasteiger partial charge >= 0.3 is 0 Å². The summed E-state index contributed by atoms with van der Waals surface area (Å²) in [4.78, 5) is 13.0. The van der Waals surface area contributed by atoms with Crippen LogP contribution in [0.2, 0.25) is 0 Å². The third kappa shape index (κ3) is 3.15. The molecule has 1 aromatic heterocycles. The fraction of sp³-hybridized carbons (Fsp3) is 0.471. The van der Waals surface area contributed by atoms with Gasteiger partial charge in [-0.25, -0.2) is 4.39 Å². The minimum Gasteiger partial charge on any atom is -0.393 e. The lowest BCUT2D eigenvalue weighted by Gasteiger charge is -2.25. The largest absolute Gasteiger partial charge is 0.393 e. The van der Waals surface area contributed by atoms with E-state index in [1.807, 2.05) is 6.92 Å². The first-order valence-corrected chi connectivity index (χ1v) is 8.51. The monoisotopic (exact) mass is 321 g/mol. The lowest BCUT2D eigenvalue weighted by Crippen LogP contribution is -2.32. The number of carbonyl (C=O) groups excluding carboxylic acids is 1. The van der Waals surface area contributed by atoms with Crippen LogP contribution < -0.4 is 5.32 Å². The summed E-state index contributed by atoms with van der Waals surface area (Å²) in [6.45, 7) is 2.45. The van der Waals surface area contributed by atoms with Gasteiger partial charge in [0.15, 0.2) is 0 Å². The van der Waals surface area contributed by atoms with E-state index in [0.29, 0.717) is 17.3 Å². The first kappa shape index (κ1) is 15.4.